The maximum atomic E-state index is 11.5. The van der Waals surface area contributed by atoms with E-state index in [2.05, 4.69) is 17.6 Å². The molecule has 0 aromatic rings. The second kappa shape index (κ2) is 4.28. The molecule has 4 N–H and O–H groups in total. The van der Waals surface area contributed by atoms with E-state index >= 15 is 0 Å². The summed E-state index contributed by atoms with van der Waals surface area (Å²) in [6.07, 6.45) is 1.04. The maximum absolute atomic E-state index is 11.5. The molecule has 1 aliphatic rings. The summed E-state index contributed by atoms with van der Waals surface area (Å²) in [6.45, 7) is 7.45. The monoisotopic (exact) mass is 199 g/mol. The van der Waals surface area contributed by atoms with Gasteiger partial charge in [0, 0.05) is 18.6 Å². The highest BCUT2D eigenvalue weighted by Crippen LogP contribution is 2.12. The van der Waals surface area contributed by atoms with E-state index in [-0.39, 0.29) is 17.5 Å². The predicted octanol–water partition coefficient (Wildman–Crippen LogP) is -0.162. The number of hydrogen-bond donors (Lipinski definition) is 3. The van der Waals surface area contributed by atoms with E-state index in [1.54, 1.807) is 0 Å². The Bertz CT molecular complexity index is 210. The van der Waals surface area contributed by atoms with E-state index in [9.17, 15) is 4.79 Å². The predicted molar refractivity (Wildman–Crippen MR) is 56.8 cm³/mol. The quantitative estimate of drug-likeness (QED) is 0.591. The van der Waals surface area contributed by atoms with Crippen molar-refractivity contribution in [3.63, 3.8) is 0 Å². The standard InChI is InChI=1S/C10H21N3O/c1-7-4-5-12-9(14)8(7)13-6-10(2,3)11/h7-8,13H,4-6,11H2,1-3H3,(H,12,14). The summed E-state index contributed by atoms with van der Waals surface area (Å²) in [5.74, 6) is 0.499. The van der Waals surface area contributed by atoms with Crippen LogP contribution in [0.3, 0.4) is 0 Å². The first-order valence-electron chi connectivity index (χ1n) is 5.20. The van der Waals surface area contributed by atoms with Crippen molar-refractivity contribution in [1.29, 1.82) is 0 Å². The highest BCUT2D eigenvalue weighted by atomic mass is 16.2. The minimum Gasteiger partial charge on any atom is -0.355 e. The molecule has 0 aliphatic carbocycles. The summed E-state index contributed by atoms with van der Waals surface area (Å²) in [4.78, 5) is 11.5. The number of amides is 1. The van der Waals surface area contributed by atoms with Crippen molar-refractivity contribution in [2.75, 3.05) is 13.1 Å². The maximum Gasteiger partial charge on any atom is 0.237 e. The molecular weight excluding hydrogens is 178 g/mol. The van der Waals surface area contributed by atoms with Gasteiger partial charge in [-0.05, 0) is 26.2 Å². The number of hydrogen-bond acceptors (Lipinski definition) is 3. The summed E-state index contributed by atoms with van der Waals surface area (Å²) >= 11 is 0. The summed E-state index contributed by atoms with van der Waals surface area (Å²) in [5.41, 5.74) is 5.58. The third-order valence-electron chi connectivity index (χ3n) is 2.53. The smallest absolute Gasteiger partial charge is 0.237 e. The van der Waals surface area contributed by atoms with Gasteiger partial charge in [0.05, 0.1) is 6.04 Å². The van der Waals surface area contributed by atoms with Gasteiger partial charge in [-0.15, -0.1) is 0 Å². The Morgan fingerprint density at radius 2 is 2.29 bits per heavy atom. The first-order chi connectivity index (χ1) is 6.40. The summed E-state index contributed by atoms with van der Waals surface area (Å²) in [6, 6.07) is -0.0772. The first-order valence-corrected chi connectivity index (χ1v) is 5.20. The number of nitrogens with one attached hydrogen (secondary N) is 2. The fourth-order valence-electron chi connectivity index (χ4n) is 1.62. The zero-order chi connectivity index (χ0) is 10.8. The van der Waals surface area contributed by atoms with Gasteiger partial charge in [-0.1, -0.05) is 6.92 Å². The van der Waals surface area contributed by atoms with Crippen LogP contribution < -0.4 is 16.4 Å². The molecular formula is C10H21N3O. The normalized spacial score (nSPS) is 28.7. The molecule has 4 nitrogen and oxygen atoms in total. The molecule has 1 heterocycles. The number of piperidine rings is 1. The van der Waals surface area contributed by atoms with Crippen molar-refractivity contribution >= 4 is 5.91 Å². The van der Waals surface area contributed by atoms with E-state index < -0.39 is 0 Å². The SMILES string of the molecule is CC1CCNC(=O)C1NCC(C)(C)N. The van der Waals surface area contributed by atoms with Gasteiger partial charge < -0.3 is 16.4 Å². The zero-order valence-corrected chi connectivity index (χ0v) is 9.26. The zero-order valence-electron chi connectivity index (χ0n) is 9.26. The van der Waals surface area contributed by atoms with Crippen LogP contribution >= 0.6 is 0 Å². The van der Waals surface area contributed by atoms with E-state index in [0.29, 0.717) is 12.5 Å². The fraction of sp³-hybridized carbons (Fsp3) is 0.900. The van der Waals surface area contributed by atoms with Gasteiger partial charge >= 0.3 is 0 Å². The van der Waals surface area contributed by atoms with Crippen molar-refractivity contribution < 1.29 is 4.79 Å². The molecule has 0 aromatic carbocycles. The third kappa shape index (κ3) is 3.27. The van der Waals surface area contributed by atoms with Crippen LogP contribution in [0, 0.1) is 5.92 Å². The molecule has 0 spiro atoms. The molecule has 0 aromatic heterocycles. The lowest BCUT2D eigenvalue weighted by Crippen LogP contribution is -2.56. The van der Waals surface area contributed by atoms with Crippen LogP contribution in [0.1, 0.15) is 27.2 Å². The van der Waals surface area contributed by atoms with Gasteiger partial charge in [-0.2, -0.15) is 0 Å². The lowest BCUT2D eigenvalue weighted by Gasteiger charge is -2.31. The van der Waals surface area contributed by atoms with Crippen LogP contribution in [0.25, 0.3) is 0 Å². The summed E-state index contributed by atoms with van der Waals surface area (Å²) in [5, 5.41) is 6.08. The number of nitrogens with two attached hydrogens (primary N) is 1. The Morgan fingerprint density at radius 1 is 1.64 bits per heavy atom. The number of carbonyl (C=O) groups is 1. The first kappa shape index (κ1) is 11.5. The second-order valence-corrected chi connectivity index (χ2v) is 4.90. The second-order valence-electron chi connectivity index (χ2n) is 4.90. The van der Waals surface area contributed by atoms with Crippen molar-refractivity contribution in [1.82, 2.24) is 10.6 Å². The van der Waals surface area contributed by atoms with E-state index in [0.717, 1.165) is 13.0 Å². The average Bonchev–Trinajstić information content (AvgIpc) is 2.01. The summed E-state index contributed by atoms with van der Waals surface area (Å²) < 4.78 is 0. The van der Waals surface area contributed by atoms with Crippen LogP contribution in [0.5, 0.6) is 0 Å². The number of rotatable bonds is 3. The van der Waals surface area contributed by atoms with Gasteiger partial charge in [-0.25, -0.2) is 0 Å². The van der Waals surface area contributed by atoms with Gasteiger partial charge in [0.25, 0.3) is 0 Å². The molecule has 1 saturated heterocycles. The highest BCUT2D eigenvalue weighted by Gasteiger charge is 2.29. The van der Waals surface area contributed by atoms with E-state index in [1.165, 1.54) is 0 Å². The summed E-state index contributed by atoms with van der Waals surface area (Å²) in [7, 11) is 0. The largest absolute Gasteiger partial charge is 0.355 e. The average molecular weight is 199 g/mol. The van der Waals surface area contributed by atoms with Gasteiger partial charge in [0.1, 0.15) is 0 Å². The Balaban J connectivity index is 2.45. The van der Waals surface area contributed by atoms with E-state index in [4.69, 9.17) is 5.73 Å². The lowest BCUT2D eigenvalue weighted by molar-refractivity contribution is -0.126. The van der Waals surface area contributed by atoms with Crippen LogP contribution in [-0.2, 0) is 4.79 Å². The molecule has 1 aliphatic heterocycles. The molecule has 14 heavy (non-hydrogen) atoms. The molecule has 0 bridgehead atoms. The molecule has 2 unspecified atom stereocenters. The van der Waals surface area contributed by atoms with Crippen molar-refractivity contribution in [2.24, 2.45) is 11.7 Å². The Labute approximate surface area is 85.6 Å². The lowest BCUT2D eigenvalue weighted by atomic mass is 9.93. The minimum atomic E-state index is -0.266. The number of carbonyl (C=O) groups excluding carboxylic acids is 1. The van der Waals surface area contributed by atoms with Crippen LogP contribution in [0.4, 0.5) is 0 Å². The van der Waals surface area contributed by atoms with E-state index in [1.807, 2.05) is 13.8 Å². The Hall–Kier alpha value is -0.610. The molecule has 2 atom stereocenters. The Morgan fingerprint density at radius 3 is 2.79 bits per heavy atom. The topological polar surface area (TPSA) is 67.2 Å². The molecule has 0 radical (unpaired) electrons. The van der Waals surface area contributed by atoms with Crippen LogP contribution in [0.15, 0.2) is 0 Å². The van der Waals surface area contributed by atoms with Crippen molar-refractivity contribution in [3.8, 4) is 0 Å². The Kier molecular flexibility index (Phi) is 3.50. The highest BCUT2D eigenvalue weighted by molar-refractivity contribution is 5.82. The van der Waals surface area contributed by atoms with Crippen LogP contribution in [0.2, 0.25) is 0 Å². The molecule has 0 saturated carbocycles. The fourth-order valence-corrected chi connectivity index (χ4v) is 1.62. The molecule has 82 valence electrons. The van der Waals surface area contributed by atoms with Gasteiger partial charge in [0.2, 0.25) is 5.91 Å². The molecule has 1 rings (SSSR count). The van der Waals surface area contributed by atoms with Gasteiger partial charge in [0.15, 0.2) is 0 Å². The minimum absolute atomic E-state index is 0.0772. The molecule has 1 fully saturated rings. The van der Waals surface area contributed by atoms with Crippen LogP contribution in [-0.4, -0.2) is 30.6 Å². The third-order valence-corrected chi connectivity index (χ3v) is 2.53. The molecule has 4 heteroatoms. The van der Waals surface area contributed by atoms with Crippen molar-refractivity contribution in [2.45, 2.75) is 38.8 Å². The van der Waals surface area contributed by atoms with Gasteiger partial charge in [-0.3, -0.25) is 4.79 Å². The molecule has 1 amide bonds. The van der Waals surface area contributed by atoms with Crippen molar-refractivity contribution in [3.05, 3.63) is 0 Å².